The van der Waals surface area contributed by atoms with Crippen LogP contribution in [0, 0.1) is 0 Å². The van der Waals surface area contributed by atoms with Crippen molar-refractivity contribution in [2.45, 2.75) is 4.90 Å². The van der Waals surface area contributed by atoms with Crippen LogP contribution in [0.4, 0.5) is 11.4 Å². The molecule has 0 radical (unpaired) electrons. The van der Waals surface area contributed by atoms with Gasteiger partial charge in [0.05, 0.1) is 10.6 Å². The molecule has 0 saturated heterocycles. The molecule has 0 atom stereocenters. The third-order valence-corrected chi connectivity index (χ3v) is 3.94. The van der Waals surface area contributed by atoms with Crippen LogP contribution in [0.1, 0.15) is 0 Å². The normalized spacial score (nSPS) is 15.6. The lowest BCUT2D eigenvalue weighted by molar-refractivity contribution is 0.596. The molecule has 0 spiro atoms. The average Bonchev–Trinajstić information content (AvgIpc) is 2.46. The highest BCUT2D eigenvalue weighted by atomic mass is 32.2. The Kier molecular flexibility index (Phi) is 2.21. The second-order valence-electron chi connectivity index (χ2n) is 3.93. The molecule has 0 aliphatic carbocycles. The van der Waals surface area contributed by atoms with E-state index in [9.17, 15) is 8.42 Å². The lowest BCUT2D eigenvalue weighted by atomic mass is 10.0. The number of nitrogen functional groups attached to an aromatic ring is 1. The van der Waals surface area contributed by atoms with Crippen molar-refractivity contribution < 1.29 is 8.42 Å². The maximum atomic E-state index is 12.0. The third-order valence-electron chi connectivity index (χ3n) is 2.73. The predicted molar refractivity (Wildman–Crippen MR) is 68.0 cm³/mol. The highest BCUT2D eigenvalue weighted by molar-refractivity contribution is 7.90. The van der Waals surface area contributed by atoms with E-state index in [2.05, 4.69) is 9.63 Å². The van der Waals surface area contributed by atoms with Crippen LogP contribution in [0.15, 0.2) is 57.0 Å². The minimum atomic E-state index is -3.76. The minimum Gasteiger partial charge on any atom is -0.399 e. The van der Waals surface area contributed by atoms with Gasteiger partial charge in [-0.3, -0.25) is 0 Å². The van der Waals surface area contributed by atoms with E-state index in [1.165, 1.54) is 6.07 Å². The maximum Gasteiger partial charge on any atom is 0.300 e. The van der Waals surface area contributed by atoms with E-state index in [4.69, 9.17) is 5.73 Å². The van der Waals surface area contributed by atoms with Crippen molar-refractivity contribution in [3.05, 3.63) is 42.5 Å². The summed E-state index contributed by atoms with van der Waals surface area (Å²) in [6.45, 7) is 0. The zero-order chi connectivity index (χ0) is 12.8. The lowest BCUT2D eigenvalue weighted by Gasteiger charge is -2.07. The van der Waals surface area contributed by atoms with Gasteiger partial charge in [-0.25, -0.2) is 0 Å². The van der Waals surface area contributed by atoms with Crippen LogP contribution in [0.3, 0.4) is 0 Å². The van der Waals surface area contributed by atoms with E-state index in [-0.39, 0.29) is 4.90 Å². The summed E-state index contributed by atoms with van der Waals surface area (Å²) in [4.78, 5) is 0.130. The minimum absolute atomic E-state index is 0.130. The highest BCUT2D eigenvalue weighted by Crippen LogP contribution is 2.39. The largest absolute Gasteiger partial charge is 0.399 e. The van der Waals surface area contributed by atoms with E-state index >= 15 is 0 Å². The summed E-state index contributed by atoms with van der Waals surface area (Å²) in [5, 5.41) is 3.78. The number of hydrogen-bond donors (Lipinski definition) is 1. The molecule has 0 unspecified atom stereocenters. The molecule has 0 aromatic heterocycles. The third kappa shape index (κ3) is 1.58. The molecular formula is C12H9N3O2S. The van der Waals surface area contributed by atoms with Gasteiger partial charge in [0, 0.05) is 16.8 Å². The summed E-state index contributed by atoms with van der Waals surface area (Å²) >= 11 is 0. The SMILES string of the molecule is Nc1ccc2c(c1)-c1ccccc1N=NS2(=O)=O. The first kappa shape index (κ1) is 10.9. The average molecular weight is 259 g/mol. The molecule has 2 aromatic carbocycles. The molecule has 6 heteroatoms. The standard InChI is InChI=1S/C12H9N3O2S/c13-8-5-6-12-10(7-8)9-3-1-2-4-11(9)14-15-18(12,16)17/h1-7H,13H2. The molecule has 3 rings (SSSR count). The van der Waals surface area contributed by atoms with Gasteiger partial charge in [0.2, 0.25) is 0 Å². The van der Waals surface area contributed by atoms with Gasteiger partial charge >= 0.3 is 0 Å². The van der Waals surface area contributed by atoms with E-state index in [1.54, 1.807) is 30.3 Å². The smallest absolute Gasteiger partial charge is 0.300 e. The van der Waals surface area contributed by atoms with Crippen LogP contribution in [0.25, 0.3) is 11.1 Å². The summed E-state index contributed by atoms with van der Waals surface area (Å²) in [6, 6.07) is 11.7. The van der Waals surface area contributed by atoms with Gasteiger partial charge in [-0.2, -0.15) is 8.42 Å². The number of hydrogen-bond acceptors (Lipinski definition) is 4. The van der Waals surface area contributed by atoms with Gasteiger partial charge in [-0.1, -0.05) is 22.7 Å². The topological polar surface area (TPSA) is 84.9 Å². The van der Waals surface area contributed by atoms with Crippen molar-refractivity contribution in [2.75, 3.05) is 5.73 Å². The number of rotatable bonds is 0. The van der Waals surface area contributed by atoms with Crippen molar-refractivity contribution in [2.24, 2.45) is 9.63 Å². The van der Waals surface area contributed by atoms with Crippen molar-refractivity contribution in [3.8, 4) is 11.1 Å². The van der Waals surface area contributed by atoms with Crippen LogP contribution in [-0.4, -0.2) is 8.42 Å². The Hall–Kier alpha value is -2.21. The molecule has 0 fully saturated rings. The Morgan fingerprint density at radius 3 is 2.61 bits per heavy atom. The van der Waals surface area contributed by atoms with Crippen molar-refractivity contribution in [1.29, 1.82) is 0 Å². The fraction of sp³-hybridized carbons (Fsp3) is 0. The Bertz CT molecular complexity index is 767. The van der Waals surface area contributed by atoms with E-state index in [0.29, 0.717) is 22.5 Å². The molecule has 0 bridgehead atoms. The highest BCUT2D eigenvalue weighted by Gasteiger charge is 2.23. The molecular weight excluding hydrogens is 250 g/mol. The number of anilines is 1. The van der Waals surface area contributed by atoms with E-state index in [0.717, 1.165) is 0 Å². The fourth-order valence-corrected chi connectivity index (χ4v) is 2.88. The first-order valence-electron chi connectivity index (χ1n) is 5.25. The molecule has 90 valence electrons. The number of fused-ring (bicyclic) bond motifs is 3. The fourth-order valence-electron chi connectivity index (χ4n) is 1.91. The van der Waals surface area contributed by atoms with Gasteiger partial charge in [-0.15, -0.1) is 5.11 Å². The van der Waals surface area contributed by atoms with Crippen LogP contribution in [0.2, 0.25) is 0 Å². The Balaban J connectivity index is 2.47. The zero-order valence-electron chi connectivity index (χ0n) is 9.24. The van der Waals surface area contributed by atoms with Crippen molar-refractivity contribution in [3.63, 3.8) is 0 Å². The van der Waals surface area contributed by atoms with Crippen LogP contribution < -0.4 is 5.73 Å². The summed E-state index contributed by atoms with van der Waals surface area (Å²) < 4.78 is 27.4. The summed E-state index contributed by atoms with van der Waals surface area (Å²) in [5.41, 5.74) is 7.99. The Morgan fingerprint density at radius 2 is 1.78 bits per heavy atom. The summed E-state index contributed by atoms with van der Waals surface area (Å²) in [5.74, 6) is 0. The van der Waals surface area contributed by atoms with Gasteiger partial charge in [0.1, 0.15) is 0 Å². The van der Waals surface area contributed by atoms with Gasteiger partial charge < -0.3 is 5.73 Å². The maximum absolute atomic E-state index is 12.0. The van der Waals surface area contributed by atoms with Gasteiger partial charge in [0.25, 0.3) is 10.0 Å². The molecule has 2 N–H and O–H groups in total. The van der Waals surface area contributed by atoms with Gasteiger partial charge in [0.15, 0.2) is 0 Å². The van der Waals surface area contributed by atoms with Crippen molar-refractivity contribution in [1.82, 2.24) is 0 Å². The van der Waals surface area contributed by atoms with E-state index < -0.39 is 10.0 Å². The summed E-state index contributed by atoms with van der Waals surface area (Å²) in [7, 11) is -3.76. The molecule has 1 aliphatic rings. The van der Waals surface area contributed by atoms with Gasteiger partial charge in [-0.05, 0) is 24.3 Å². The zero-order valence-corrected chi connectivity index (χ0v) is 10.1. The quantitative estimate of drug-likeness (QED) is 0.738. The molecule has 18 heavy (non-hydrogen) atoms. The monoisotopic (exact) mass is 259 g/mol. The first-order chi connectivity index (χ1) is 8.58. The van der Waals surface area contributed by atoms with Crippen LogP contribution in [-0.2, 0) is 10.0 Å². The summed E-state index contributed by atoms with van der Waals surface area (Å²) in [6.07, 6.45) is 0. The molecule has 1 heterocycles. The second-order valence-corrected chi connectivity index (χ2v) is 5.48. The predicted octanol–water partition coefficient (Wildman–Crippen LogP) is 2.72. The van der Waals surface area contributed by atoms with Crippen LogP contribution in [0.5, 0.6) is 0 Å². The van der Waals surface area contributed by atoms with Crippen LogP contribution >= 0.6 is 0 Å². The number of nitrogens with two attached hydrogens (primary N) is 1. The number of nitrogens with zero attached hydrogens (tertiary/aromatic N) is 2. The Morgan fingerprint density at radius 1 is 1.00 bits per heavy atom. The first-order valence-corrected chi connectivity index (χ1v) is 6.69. The molecule has 0 saturated carbocycles. The van der Waals surface area contributed by atoms with Crippen molar-refractivity contribution >= 4 is 21.4 Å². The second kappa shape index (κ2) is 3.64. The number of benzene rings is 2. The molecule has 2 aromatic rings. The lowest BCUT2D eigenvalue weighted by Crippen LogP contribution is -1.98. The molecule has 5 nitrogen and oxygen atoms in total. The molecule has 0 amide bonds. The molecule has 1 aliphatic heterocycles. The van der Waals surface area contributed by atoms with E-state index in [1.807, 2.05) is 6.07 Å². The number of sulfonamides is 1. The Labute approximate surface area is 104 Å².